The number of halogens is 2. The molecular formula is C32H31Br2N3O4S. The van der Waals surface area contributed by atoms with Crippen LogP contribution >= 0.6 is 43.2 Å². The van der Waals surface area contributed by atoms with Crippen molar-refractivity contribution < 1.29 is 14.3 Å². The average molecular weight is 713 g/mol. The largest absolute Gasteiger partial charge is 0.496 e. The third kappa shape index (κ3) is 5.36. The van der Waals surface area contributed by atoms with Crippen LogP contribution in [0.2, 0.25) is 0 Å². The zero-order valence-electron chi connectivity index (χ0n) is 24.0. The third-order valence-corrected chi connectivity index (χ3v) is 9.37. The third-order valence-electron chi connectivity index (χ3n) is 7.34. The van der Waals surface area contributed by atoms with Crippen molar-refractivity contribution in [3.05, 3.63) is 99.6 Å². The maximum absolute atomic E-state index is 14.4. The minimum atomic E-state index is -0.738. The Morgan fingerprint density at radius 1 is 1.12 bits per heavy atom. The van der Waals surface area contributed by atoms with Crippen LogP contribution in [0.25, 0.3) is 16.8 Å². The Morgan fingerprint density at radius 2 is 1.86 bits per heavy atom. The first kappa shape index (κ1) is 30.3. The second kappa shape index (κ2) is 12.6. The maximum atomic E-state index is 14.4. The first-order valence-corrected chi connectivity index (χ1v) is 16.1. The lowest BCUT2D eigenvalue weighted by Gasteiger charge is -2.30. The second-order valence-electron chi connectivity index (χ2n) is 9.70. The van der Waals surface area contributed by atoms with E-state index >= 15 is 0 Å². The number of aromatic nitrogens is 1. The minimum Gasteiger partial charge on any atom is -0.496 e. The summed E-state index contributed by atoms with van der Waals surface area (Å²) in [7, 11) is 1.61. The molecule has 5 rings (SSSR count). The number of carbonyl (C=O) groups excluding carboxylic acids is 1. The van der Waals surface area contributed by atoms with E-state index in [2.05, 4.69) is 31.9 Å². The standard InChI is InChI=1S/C32H31Br2N3O4S/c1-6-36(7-2)31(39)26-18(4)35-32-37(28(26)27-22-12-10-9-11-19(22)13-14-24(27)40-5)30(38)25(42-32)16-20-15-21(33)17-23(34)29(20)41-8-3/h9-17,28H,6-8H2,1-5H3/b25-16+/t28-/m1/s1. The fourth-order valence-electron chi connectivity index (χ4n) is 5.41. The molecule has 1 atom stereocenters. The fraction of sp³-hybridized carbons (Fsp3) is 0.281. The molecular weight excluding hydrogens is 682 g/mol. The van der Waals surface area contributed by atoms with E-state index in [9.17, 15) is 9.59 Å². The van der Waals surface area contributed by atoms with Crippen LogP contribution in [-0.2, 0) is 4.79 Å². The van der Waals surface area contributed by atoms with Gasteiger partial charge in [-0.3, -0.25) is 14.2 Å². The van der Waals surface area contributed by atoms with Gasteiger partial charge in [-0.15, -0.1) is 0 Å². The predicted molar refractivity (Wildman–Crippen MR) is 175 cm³/mol. The number of nitrogens with zero attached hydrogens (tertiary/aromatic N) is 3. The van der Waals surface area contributed by atoms with E-state index in [-0.39, 0.29) is 11.5 Å². The minimum absolute atomic E-state index is 0.148. The molecule has 0 fully saturated rings. The highest BCUT2D eigenvalue weighted by molar-refractivity contribution is 9.11. The summed E-state index contributed by atoms with van der Waals surface area (Å²) in [6.07, 6.45) is 1.83. The van der Waals surface area contributed by atoms with Gasteiger partial charge in [0.05, 0.1) is 34.0 Å². The van der Waals surface area contributed by atoms with Gasteiger partial charge < -0.3 is 14.4 Å². The van der Waals surface area contributed by atoms with Crippen LogP contribution in [0.5, 0.6) is 11.5 Å². The number of hydrogen-bond donors (Lipinski definition) is 0. The van der Waals surface area contributed by atoms with Crippen LogP contribution in [0.3, 0.4) is 0 Å². The molecule has 1 aliphatic heterocycles. The van der Waals surface area contributed by atoms with Crippen molar-refractivity contribution in [1.29, 1.82) is 0 Å². The van der Waals surface area contributed by atoms with Crippen molar-refractivity contribution >= 4 is 66.0 Å². The van der Waals surface area contributed by atoms with Crippen molar-refractivity contribution in [3.8, 4) is 11.5 Å². The van der Waals surface area contributed by atoms with Crippen LogP contribution in [0, 0.1) is 0 Å². The zero-order chi connectivity index (χ0) is 30.1. The SMILES string of the molecule is CCOc1c(Br)cc(Br)cc1/C=c1/sc2n(c1=O)[C@@H](c1c(OC)ccc3ccccc13)C(C(=O)N(CC)CC)=C(C)N=2. The first-order valence-electron chi connectivity index (χ1n) is 13.7. The Hall–Kier alpha value is -3.21. The Kier molecular flexibility index (Phi) is 9.05. The summed E-state index contributed by atoms with van der Waals surface area (Å²) in [6, 6.07) is 14.9. The van der Waals surface area contributed by atoms with Gasteiger partial charge in [-0.2, -0.15) is 0 Å². The van der Waals surface area contributed by atoms with Crippen LogP contribution in [0.4, 0.5) is 0 Å². The lowest BCUT2D eigenvalue weighted by molar-refractivity contribution is -0.127. The number of methoxy groups -OCH3 is 1. The molecule has 1 aliphatic rings. The summed E-state index contributed by atoms with van der Waals surface area (Å²) in [5, 5.41) is 1.89. The molecule has 10 heteroatoms. The zero-order valence-corrected chi connectivity index (χ0v) is 28.0. The van der Waals surface area contributed by atoms with E-state index in [0.717, 1.165) is 30.8 Å². The topological polar surface area (TPSA) is 73.1 Å². The molecule has 0 saturated carbocycles. The normalized spacial score (nSPS) is 15.0. The molecule has 0 spiro atoms. The van der Waals surface area contributed by atoms with Crippen LogP contribution < -0.4 is 24.4 Å². The van der Waals surface area contributed by atoms with Crippen LogP contribution in [-0.4, -0.2) is 42.2 Å². The maximum Gasteiger partial charge on any atom is 0.271 e. The molecule has 2 heterocycles. The number of carbonyl (C=O) groups is 1. The van der Waals surface area contributed by atoms with Gasteiger partial charge in [-0.05, 0) is 78.7 Å². The van der Waals surface area contributed by atoms with Gasteiger partial charge in [0.1, 0.15) is 17.5 Å². The quantitative estimate of drug-likeness (QED) is 0.219. The summed E-state index contributed by atoms with van der Waals surface area (Å²) in [5.41, 5.74) is 2.31. The highest BCUT2D eigenvalue weighted by atomic mass is 79.9. The molecule has 0 saturated heterocycles. The fourth-order valence-corrected chi connectivity index (χ4v) is 7.82. The number of likely N-dealkylation sites (N-methyl/N-ethyl adjacent to an activating group) is 1. The first-order chi connectivity index (χ1) is 20.2. The lowest BCUT2D eigenvalue weighted by atomic mass is 9.90. The Bertz CT molecular complexity index is 1910. The molecule has 0 unspecified atom stereocenters. The Labute approximate surface area is 265 Å². The van der Waals surface area contributed by atoms with Gasteiger partial charge in [-0.1, -0.05) is 57.6 Å². The monoisotopic (exact) mass is 711 g/mol. The van der Waals surface area contributed by atoms with Crippen molar-refractivity contribution in [2.45, 2.75) is 33.7 Å². The molecule has 42 heavy (non-hydrogen) atoms. The summed E-state index contributed by atoms with van der Waals surface area (Å²) in [4.78, 5) is 35.6. The van der Waals surface area contributed by atoms with Crippen molar-refractivity contribution in [3.63, 3.8) is 0 Å². The highest BCUT2D eigenvalue weighted by Gasteiger charge is 2.36. The number of thiazole rings is 1. The van der Waals surface area contributed by atoms with Gasteiger partial charge in [0.2, 0.25) is 0 Å². The number of amides is 1. The molecule has 3 aromatic carbocycles. The molecule has 7 nitrogen and oxygen atoms in total. The number of rotatable bonds is 8. The summed E-state index contributed by atoms with van der Waals surface area (Å²) >= 11 is 8.44. The Balaban J connectivity index is 1.86. The molecule has 0 radical (unpaired) electrons. The molecule has 0 N–H and O–H groups in total. The summed E-state index contributed by atoms with van der Waals surface area (Å²) < 4.78 is 15.6. The number of fused-ring (bicyclic) bond motifs is 2. The van der Waals surface area contributed by atoms with Crippen LogP contribution in [0.1, 0.15) is 44.9 Å². The van der Waals surface area contributed by atoms with Gasteiger partial charge >= 0.3 is 0 Å². The van der Waals surface area contributed by atoms with E-state index in [0.29, 0.717) is 51.8 Å². The van der Waals surface area contributed by atoms with Gasteiger partial charge in [-0.25, -0.2) is 4.99 Å². The molecule has 1 amide bonds. The van der Waals surface area contributed by atoms with Crippen LogP contribution in [0.15, 0.2) is 78.5 Å². The van der Waals surface area contributed by atoms with E-state index in [1.165, 1.54) is 11.3 Å². The van der Waals surface area contributed by atoms with E-state index in [4.69, 9.17) is 14.5 Å². The van der Waals surface area contributed by atoms with E-state index < -0.39 is 6.04 Å². The lowest BCUT2D eigenvalue weighted by Crippen LogP contribution is -2.43. The molecule has 218 valence electrons. The summed E-state index contributed by atoms with van der Waals surface area (Å²) in [5.74, 6) is 1.10. The van der Waals surface area contributed by atoms with Gasteiger partial charge in [0.15, 0.2) is 4.80 Å². The van der Waals surface area contributed by atoms with E-state index in [1.807, 2.05) is 82.3 Å². The molecule has 0 aliphatic carbocycles. The number of ether oxygens (including phenoxy) is 2. The van der Waals surface area contributed by atoms with Gasteiger partial charge in [0.25, 0.3) is 11.5 Å². The summed E-state index contributed by atoms with van der Waals surface area (Å²) in [6.45, 7) is 9.21. The number of benzene rings is 3. The second-order valence-corrected chi connectivity index (χ2v) is 12.5. The van der Waals surface area contributed by atoms with Crippen molar-refractivity contribution in [1.82, 2.24) is 9.47 Å². The molecule has 1 aromatic heterocycles. The van der Waals surface area contributed by atoms with Gasteiger partial charge in [0, 0.05) is 28.7 Å². The molecule has 4 aromatic rings. The number of allylic oxidation sites excluding steroid dienone is 1. The Morgan fingerprint density at radius 3 is 2.55 bits per heavy atom. The smallest absolute Gasteiger partial charge is 0.271 e. The highest BCUT2D eigenvalue weighted by Crippen LogP contribution is 2.40. The predicted octanol–water partition coefficient (Wildman–Crippen LogP) is 6.19. The van der Waals surface area contributed by atoms with Crippen molar-refractivity contribution in [2.75, 3.05) is 26.8 Å². The van der Waals surface area contributed by atoms with E-state index in [1.54, 1.807) is 16.6 Å². The molecule has 0 bridgehead atoms. The number of hydrogen-bond acceptors (Lipinski definition) is 6. The van der Waals surface area contributed by atoms with Crippen molar-refractivity contribution in [2.24, 2.45) is 4.99 Å². The average Bonchev–Trinajstić information content (AvgIpc) is 3.27.